The van der Waals surface area contributed by atoms with E-state index in [4.69, 9.17) is 21.6 Å². The summed E-state index contributed by atoms with van der Waals surface area (Å²) in [7, 11) is 0. The predicted molar refractivity (Wildman–Crippen MR) is 85.9 cm³/mol. The number of aromatic nitrogens is 1. The smallest absolute Gasteiger partial charge is 0.254 e. The number of nitrogens with one attached hydrogen (secondary N) is 2. The molecule has 0 radical (unpaired) electrons. The second-order valence-corrected chi connectivity index (χ2v) is 5.79. The van der Waals surface area contributed by atoms with Crippen molar-refractivity contribution in [3.05, 3.63) is 30.0 Å². The lowest BCUT2D eigenvalue weighted by Crippen LogP contribution is -2.31. The fourth-order valence-corrected chi connectivity index (χ4v) is 2.09. The molecule has 1 aliphatic rings. The second kappa shape index (κ2) is 6.42. The average Bonchev–Trinajstić information content (AvgIpc) is 3.25. The number of primary amides is 1. The van der Waals surface area contributed by atoms with Gasteiger partial charge in [-0.2, -0.15) is 0 Å². The van der Waals surface area contributed by atoms with Gasteiger partial charge >= 0.3 is 0 Å². The van der Waals surface area contributed by atoms with Crippen LogP contribution in [-0.2, 0) is 4.74 Å². The molecule has 2 rings (SSSR count). The number of carbonyl (C=O) groups excluding carboxylic acids is 1. The van der Waals surface area contributed by atoms with Gasteiger partial charge in [-0.25, -0.2) is 13.8 Å². The summed E-state index contributed by atoms with van der Waals surface area (Å²) in [5, 5.41) is 10.3. The number of carbonyl (C=O) groups is 1. The van der Waals surface area contributed by atoms with E-state index < -0.39 is 17.2 Å². The maximum absolute atomic E-state index is 13.4. The zero-order valence-electron chi connectivity index (χ0n) is 13.1. The quantitative estimate of drug-likeness (QED) is 0.447. The Bertz CT molecular complexity index is 681. The minimum absolute atomic E-state index is 0.0203. The Labute approximate surface area is 137 Å². The molecule has 1 saturated carbocycles. The number of halogens is 2. The van der Waals surface area contributed by atoms with Crippen LogP contribution >= 0.6 is 0 Å². The highest BCUT2D eigenvalue weighted by molar-refractivity contribution is 5.97. The number of ether oxygens (including phenoxy) is 1. The molecule has 0 atom stereocenters. The Morgan fingerprint density at radius 2 is 2.21 bits per heavy atom. The Morgan fingerprint density at radius 1 is 1.54 bits per heavy atom. The largest absolute Gasteiger partial charge is 0.477 e. The molecule has 1 aromatic heterocycles. The third-order valence-electron chi connectivity index (χ3n) is 3.94. The number of nitrogens with zero attached hydrogens (tertiary/aromatic N) is 1. The van der Waals surface area contributed by atoms with Crippen LogP contribution in [0.3, 0.4) is 0 Å². The number of nitrogen functional groups attached to an aromatic ring is 1. The highest BCUT2D eigenvalue weighted by Crippen LogP contribution is 2.56. The molecule has 9 heteroatoms. The van der Waals surface area contributed by atoms with Crippen LogP contribution in [0.15, 0.2) is 24.4 Å². The molecule has 1 fully saturated rings. The van der Waals surface area contributed by atoms with Crippen molar-refractivity contribution in [1.29, 1.82) is 5.41 Å². The minimum Gasteiger partial charge on any atom is -0.477 e. The summed E-state index contributed by atoms with van der Waals surface area (Å²) in [5.41, 5.74) is 9.66. The zero-order valence-corrected chi connectivity index (χ0v) is 13.1. The van der Waals surface area contributed by atoms with Crippen molar-refractivity contribution in [3.63, 3.8) is 0 Å². The Balaban J connectivity index is 1.85. The van der Waals surface area contributed by atoms with Gasteiger partial charge in [-0.15, -0.1) is 0 Å². The fourth-order valence-electron chi connectivity index (χ4n) is 2.09. The SMILES string of the molecule is CC(F)(F)C1(COC(=N)/C=C\Nc2ccc(C(N)=O)c(N)n2)CC1. The van der Waals surface area contributed by atoms with E-state index in [1.807, 2.05) is 0 Å². The van der Waals surface area contributed by atoms with E-state index in [0.29, 0.717) is 18.7 Å². The van der Waals surface area contributed by atoms with Crippen LogP contribution in [0.4, 0.5) is 20.4 Å². The van der Waals surface area contributed by atoms with Gasteiger partial charge in [0.05, 0.1) is 11.0 Å². The van der Waals surface area contributed by atoms with Crippen molar-refractivity contribution in [2.45, 2.75) is 25.7 Å². The third-order valence-corrected chi connectivity index (χ3v) is 3.94. The number of hydrogen-bond acceptors (Lipinski definition) is 6. The van der Waals surface area contributed by atoms with Gasteiger partial charge in [-0.1, -0.05) is 0 Å². The molecule has 24 heavy (non-hydrogen) atoms. The fraction of sp³-hybridized carbons (Fsp3) is 0.400. The molecular weight excluding hydrogens is 320 g/mol. The van der Waals surface area contributed by atoms with Crippen LogP contribution in [0.25, 0.3) is 0 Å². The summed E-state index contributed by atoms with van der Waals surface area (Å²) < 4.78 is 31.8. The van der Waals surface area contributed by atoms with Gasteiger partial charge in [-0.05, 0) is 25.0 Å². The predicted octanol–water partition coefficient (Wildman–Crippen LogP) is 2.12. The summed E-state index contributed by atoms with van der Waals surface area (Å²) in [5.74, 6) is -3.44. The van der Waals surface area contributed by atoms with Gasteiger partial charge in [0.15, 0.2) is 0 Å². The number of hydrogen-bond donors (Lipinski definition) is 4. The van der Waals surface area contributed by atoms with Crippen molar-refractivity contribution >= 4 is 23.4 Å². The Morgan fingerprint density at radius 3 is 2.71 bits per heavy atom. The number of nitrogens with two attached hydrogens (primary N) is 2. The van der Waals surface area contributed by atoms with E-state index in [1.165, 1.54) is 24.4 Å². The number of amides is 1. The van der Waals surface area contributed by atoms with Crippen molar-refractivity contribution in [1.82, 2.24) is 4.98 Å². The van der Waals surface area contributed by atoms with Crippen LogP contribution < -0.4 is 16.8 Å². The maximum atomic E-state index is 13.4. The van der Waals surface area contributed by atoms with Crippen molar-refractivity contribution in [2.75, 3.05) is 17.7 Å². The lowest BCUT2D eigenvalue weighted by molar-refractivity contribution is -0.0724. The van der Waals surface area contributed by atoms with E-state index in [0.717, 1.165) is 6.92 Å². The molecule has 0 spiro atoms. The molecule has 1 aromatic rings. The van der Waals surface area contributed by atoms with Crippen LogP contribution in [0.1, 0.15) is 30.1 Å². The number of rotatable bonds is 7. The van der Waals surface area contributed by atoms with Crippen molar-refractivity contribution in [2.24, 2.45) is 11.1 Å². The van der Waals surface area contributed by atoms with Gasteiger partial charge in [0, 0.05) is 19.2 Å². The van der Waals surface area contributed by atoms with Gasteiger partial charge in [0.25, 0.3) is 11.8 Å². The summed E-state index contributed by atoms with van der Waals surface area (Å²) >= 11 is 0. The molecule has 0 saturated heterocycles. The highest BCUT2D eigenvalue weighted by atomic mass is 19.3. The molecule has 0 unspecified atom stereocenters. The van der Waals surface area contributed by atoms with E-state index >= 15 is 0 Å². The number of anilines is 2. The Kier molecular flexibility index (Phi) is 4.72. The topological polar surface area (TPSA) is 127 Å². The summed E-state index contributed by atoms with van der Waals surface area (Å²) in [6.45, 7) is 0.675. The first kappa shape index (κ1) is 17.6. The standard InChI is InChI=1S/C15H19F2N5O2/c1-14(16,17)15(5-6-15)8-24-10(18)4-7-21-11-3-2-9(13(20)23)12(19)22-11/h2-4,7,18H,5-6,8H2,1H3,(H2,20,23)(H3,19,21,22)/b7-4-,18-10?. The first-order chi connectivity index (χ1) is 11.1. The van der Waals surface area contributed by atoms with Gasteiger partial charge in [-0.3, -0.25) is 10.2 Å². The molecule has 0 aromatic carbocycles. The molecule has 1 aliphatic carbocycles. The van der Waals surface area contributed by atoms with Crippen molar-refractivity contribution in [3.8, 4) is 0 Å². The molecule has 130 valence electrons. The third kappa shape index (κ3) is 3.98. The van der Waals surface area contributed by atoms with E-state index in [9.17, 15) is 13.6 Å². The molecule has 1 amide bonds. The first-order valence-electron chi connectivity index (χ1n) is 7.23. The highest BCUT2D eigenvalue weighted by Gasteiger charge is 2.59. The molecular formula is C15H19F2N5O2. The number of alkyl halides is 2. The van der Waals surface area contributed by atoms with Crippen molar-refractivity contribution < 1.29 is 18.3 Å². The average molecular weight is 339 g/mol. The van der Waals surface area contributed by atoms with Gasteiger partial charge in [0.1, 0.15) is 18.2 Å². The first-order valence-corrected chi connectivity index (χ1v) is 7.23. The second-order valence-electron chi connectivity index (χ2n) is 5.79. The Hall–Kier alpha value is -2.71. The van der Waals surface area contributed by atoms with Crippen LogP contribution in [0, 0.1) is 10.8 Å². The van der Waals surface area contributed by atoms with Gasteiger partial charge in [0.2, 0.25) is 5.90 Å². The lowest BCUT2D eigenvalue weighted by atomic mass is 10.0. The van der Waals surface area contributed by atoms with E-state index in [-0.39, 0.29) is 23.9 Å². The normalized spacial score (nSPS) is 16.0. The monoisotopic (exact) mass is 339 g/mol. The van der Waals surface area contributed by atoms with Gasteiger partial charge < -0.3 is 21.5 Å². The molecule has 7 nitrogen and oxygen atoms in total. The number of pyridine rings is 1. The zero-order chi connectivity index (χ0) is 18.0. The van der Waals surface area contributed by atoms with E-state index in [2.05, 4.69) is 10.3 Å². The molecule has 0 aliphatic heterocycles. The molecule has 0 bridgehead atoms. The summed E-state index contributed by atoms with van der Waals surface area (Å²) in [6, 6.07) is 2.91. The maximum Gasteiger partial charge on any atom is 0.254 e. The summed E-state index contributed by atoms with van der Waals surface area (Å²) in [4.78, 5) is 15.0. The van der Waals surface area contributed by atoms with Crippen LogP contribution in [0.5, 0.6) is 0 Å². The lowest BCUT2D eigenvalue weighted by Gasteiger charge is -2.22. The molecule has 6 N–H and O–H groups in total. The van der Waals surface area contributed by atoms with Crippen LogP contribution in [0.2, 0.25) is 0 Å². The summed E-state index contributed by atoms with van der Waals surface area (Å²) in [6.07, 6.45) is 3.41. The molecule has 1 heterocycles. The minimum atomic E-state index is -2.82. The van der Waals surface area contributed by atoms with Crippen LogP contribution in [-0.4, -0.2) is 29.3 Å². The van der Waals surface area contributed by atoms with E-state index in [1.54, 1.807) is 0 Å².